The van der Waals surface area contributed by atoms with Crippen LogP contribution in [0.15, 0.2) is 18.2 Å². The number of nitrogens with two attached hydrogens (primary N) is 2. The smallest absolute Gasteiger partial charge is 0.252 e. The van der Waals surface area contributed by atoms with Crippen LogP contribution < -0.4 is 16.2 Å². The molecule has 1 aromatic rings. The number of nitrogens with zero attached hydrogens (tertiary/aromatic N) is 1. The number of carbonyl (C=O) groups is 1. The number of rotatable bonds is 5. The number of primary amides is 1. The first-order valence-corrected chi connectivity index (χ1v) is 4.97. The molecule has 4 N–H and O–H groups in total. The normalized spacial score (nSPS) is 10.4. The van der Waals surface area contributed by atoms with Gasteiger partial charge in [-0.05, 0) is 26.2 Å². The lowest BCUT2D eigenvalue weighted by atomic mass is 10.2. The number of benzene rings is 1. The summed E-state index contributed by atoms with van der Waals surface area (Å²) < 4.78 is 5.47. The van der Waals surface area contributed by atoms with E-state index in [9.17, 15) is 4.79 Å². The first kappa shape index (κ1) is 12.3. The zero-order chi connectivity index (χ0) is 12.1. The number of hydrogen-bond donors (Lipinski definition) is 2. The number of ether oxygens (including phenoxy) is 1. The molecule has 0 aliphatic heterocycles. The van der Waals surface area contributed by atoms with Crippen LogP contribution >= 0.6 is 0 Å². The summed E-state index contributed by atoms with van der Waals surface area (Å²) in [5.74, 6) is -0.0748. The largest absolute Gasteiger partial charge is 0.491 e. The molecule has 0 fully saturated rings. The lowest BCUT2D eigenvalue weighted by Gasteiger charge is -2.13. The topological polar surface area (TPSA) is 81.6 Å². The van der Waals surface area contributed by atoms with Crippen LogP contribution in [0.5, 0.6) is 5.75 Å². The maximum absolute atomic E-state index is 11.1. The molecule has 0 heterocycles. The first-order valence-electron chi connectivity index (χ1n) is 4.97. The molecule has 0 atom stereocenters. The fourth-order valence-corrected chi connectivity index (χ4v) is 1.20. The van der Waals surface area contributed by atoms with Gasteiger partial charge < -0.3 is 21.1 Å². The minimum absolute atomic E-state index is 0.355. The monoisotopic (exact) mass is 223 g/mol. The lowest BCUT2D eigenvalue weighted by molar-refractivity contribution is 0.0996. The van der Waals surface area contributed by atoms with Crippen molar-refractivity contribution in [3.63, 3.8) is 0 Å². The van der Waals surface area contributed by atoms with E-state index in [0.29, 0.717) is 23.6 Å². The fraction of sp³-hybridized carbons (Fsp3) is 0.364. The zero-order valence-electron chi connectivity index (χ0n) is 9.56. The molecule has 5 heteroatoms. The molecular formula is C11H17N3O2. The number of hydrogen-bond acceptors (Lipinski definition) is 4. The van der Waals surface area contributed by atoms with Gasteiger partial charge in [0.05, 0.1) is 5.56 Å². The van der Waals surface area contributed by atoms with Crippen LogP contribution in [-0.4, -0.2) is 38.1 Å². The average molecular weight is 223 g/mol. The number of carbonyl (C=O) groups excluding carboxylic acids is 1. The van der Waals surface area contributed by atoms with Crippen molar-refractivity contribution in [3.05, 3.63) is 23.8 Å². The van der Waals surface area contributed by atoms with Gasteiger partial charge in [0.15, 0.2) is 0 Å². The highest BCUT2D eigenvalue weighted by Crippen LogP contribution is 2.21. The van der Waals surface area contributed by atoms with Crippen LogP contribution in [0.3, 0.4) is 0 Å². The Kier molecular flexibility index (Phi) is 4.13. The molecule has 1 aromatic carbocycles. The second-order valence-corrected chi connectivity index (χ2v) is 3.77. The summed E-state index contributed by atoms with van der Waals surface area (Å²) in [6, 6.07) is 4.80. The number of amides is 1. The number of likely N-dealkylation sites (N-methyl/N-ethyl adjacent to an activating group) is 1. The molecule has 0 aliphatic rings. The summed E-state index contributed by atoms with van der Waals surface area (Å²) in [4.78, 5) is 13.1. The van der Waals surface area contributed by atoms with E-state index in [1.807, 2.05) is 19.0 Å². The van der Waals surface area contributed by atoms with E-state index in [-0.39, 0.29) is 0 Å². The Morgan fingerprint density at radius 2 is 2.12 bits per heavy atom. The molecule has 16 heavy (non-hydrogen) atoms. The van der Waals surface area contributed by atoms with Gasteiger partial charge in [0.2, 0.25) is 0 Å². The van der Waals surface area contributed by atoms with Gasteiger partial charge in [-0.3, -0.25) is 4.79 Å². The van der Waals surface area contributed by atoms with Crippen molar-refractivity contribution < 1.29 is 9.53 Å². The quantitative estimate of drug-likeness (QED) is 0.704. The Hall–Kier alpha value is -1.75. The molecule has 0 saturated carbocycles. The standard InChI is InChI=1S/C11H17N3O2/c1-14(2)5-6-16-10-7-8(12)3-4-9(10)11(13)15/h3-4,7H,5-6,12H2,1-2H3,(H2,13,15). The number of nitrogen functional groups attached to an aromatic ring is 1. The average Bonchev–Trinajstić information content (AvgIpc) is 2.16. The number of anilines is 1. The third-order valence-electron chi connectivity index (χ3n) is 2.07. The molecule has 0 radical (unpaired) electrons. The molecule has 0 aliphatic carbocycles. The molecule has 0 spiro atoms. The van der Waals surface area contributed by atoms with Crippen molar-refractivity contribution in [2.45, 2.75) is 0 Å². The summed E-state index contributed by atoms with van der Waals surface area (Å²) in [5, 5.41) is 0. The summed E-state index contributed by atoms with van der Waals surface area (Å²) in [6.45, 7) is 1.24. The van der Waals surface area contributed by atoms with Crippen LogP contribution in [0.2, 0.25) is 0 Å². The van der Waals surface area contributed by atoms with Crippen LogP contribution in [-0.2, 0) is 0 Å². The van der Waals surface area contributed by atoms with Crippen LogP contribution in [0.1, 0.15) is 10.4 Å². The summed E-state index contributed by atoms with van der Waals surface area (Å²) in [5.41, 5.74) is 11.7. The van der Waals surface area contributed by atoms with E-state index in [4.69, 9.17) is 16.2 Å². The van der Waals surface area contributed by atoms with Crippen molar-refractivity contribution in [2.75, 3.05) is 33.0 Å². The molecule has 1 rings (SSSR count). The third-order valence-corrected chi connectivity index (χ3v) is 2.07. The minimum atomic E-state index is -0.514. The lowest BCUT2D eigenvalue weighted by Crippen LogP contribution is -2.21. The maximum Gasteiger partial charge on any atom is 0.252 e. The Balaban J connectivity index is 2.76. The van der Waals surface area contributed by atoms with E-state index in [1.165, 1.54) is 0 Å². The van der Waals surface area contributed by atoms with Gasteiger partial charge in [-0.1, -0.05) is 0 Å². The molecule has 0 saturated heterocycles. The summed E-state index contributed by atoms with van der Waals surface area (Å²) >= 11 is 0. The van der Waals surface area contributed by atoms with E-state index in [0.717, 1.165) is 6.54 Å². The second kappa shape index (κ2) is 5.37. The minimum Gasteiger partial charge on any atom is -0.491 e. The molecular weight excluding hydrogens is 206 g/mol. The van der Waals surface area contributed by atoms with E-state index in [2.05, 4.69) is 0 Å². The molecule has 0 aromatic heterocycles. The second-order valence-electron chi connectivity index (χ2n) is 3.77. The molecule has 5 nitrogen and oxygen atoms in total. The Morgan fingerprint density at radius 3 is 2.69 bits per heavy atom. The molecule has 0 unspecified atom stereocenters. The van der Waals surface area contributed by atoms with Crippen molar-refractivity contribution >= 4 is 11.6 Å². The molecule has 1 amide bonds. The van der Waals surface area contributed by atoms with E-state index >= 15 is 0 Å². The van der Waals surface area contributed by atoms with Gasteiger partial charge >= 0.3 is 0 Å². The van der Waals surface area contributed by atoms with Crippen LogP contribution in [0.25, 0.3) is 0 Å². The van der Waals surface area contributed by atoms with Crippen LogP contribution in [0, 0.1) is 0 Å². The predicted octanol–water partition coefficient (Wildman–Crippen LogP) is 0.308. The van der Waals surface area contributed by atoms with Crippen LogP contribution in [0.4, 0.5) is 5.69 Å². The van der Waals surface area contributed by atoms with E-state index in [1.54, 1.807) is 18.2 Å². The predicted molar refractivity (Wildman–Crippen MR) is 63.4 cm³/mol. The van der Waals surface area contributed by atoms with Gasteiger partial charge in [0.25, 0.3) is 5.91 Å². The van der Waals surface area contributed by atoms with Gasteiger partial charge in [0, 0.05) is 18.3 Å². The first-order chi connectivity index (χ1) is 7.50. The molecule has 0 bridgehead atoms. The third kappa shape index (κ3) is 3.43. The highest BCUT2D eigenvalue weighted by atomic mass is 16.5. The fourth-order valence-electron chi connectivity index (χ4n) is 1.20. The van der Waals surface area contributed by atoms with Gasteiger partial charge in [-0.2, -0.15) is 0 Å². The Labute approximate surface area is 95.0 Å². The van der Waals surface area contributed by atoms with Gasteiger partial charge in [0.1, 0.15) is 12.4 Å². The Bertz CT molecular complexity index is 377. The van der Waals surface area contributed by atoms with Crippen molar-refractivity contribution in [1.29, 1.82) is 0 Å². The highest BCUT2D eigenvalue weighted by Gasteiger charge is 2.09. The van der Waals surface area contributed by atoms with Crippen molar-refractivity contribution in [1.82, 2.24) is 4.90 Å². The SMILES string of the molecule is CN(C)CCOc1cc(N)ccc1C(N)=O. The summed E-state index contributed by atoms with van der Waals surface area (Å²) in [7, 11) is 3.88. The van der Waals surface area contributed by atoms with E-state index < -0.39 is 5.91 Å². The van der Waals surface area contributed by atoms with Gasteiger partial charge in [-0.15, -0.1) is 0 Å². The zero-order valence-corrected chi connectivity index (χ0v) is 9.56. The highest BCUT2D eigenvalue weighted by molar-refractivity contribution is 5.96. The van der Waals surface area contributed by atoms with Crippen molar-refractivity contribution in [3.8, 4) is 5.75 Å². The Morgan fingerprint density at radius 1 is 1.44 bits per heavy atom. The van der Waals surface area contributed by atoms with Crippen molar-refractivity contribution in [2.24, 2.45) is 5.73 Å². The summed E-state index contributed by atoms with van der Waals surface area (Å²) in [6.07, 6.45) is 0. The molecule has 88 valence electrons. The maximum atomic E-state index is 11.1. The van der Waals surface area contributed by atoms with Gasteiger partial charge in [-0.25, -0.2) is 0 Å².